The number of ether oxygens (including phenoxy) is 2. The standard InChI is InChI=1S/C19H22N2O3.ClH/c1-2-23-17-9-5-15(6-10-17)19(22)21-16-7-3-14(4-8-16)18-13-20-11-12-24-18;/h3-10,18,20H,2,11-13H2,1H3,(H,21,22);1H/t18-;/m1./s1. The summed E-state index contributed by atoms with van der Waals surface area (Å²) in [4.78, 5) is 12.3. The molecule has 0 saturated carbocycles. The van der Waals surface area contributed by atoms with Crippen LogP contribution in [-0.2, 0) is 4.74 Å². The molecule has 2 N–H and O–H groups in total. The Labute approximate surface area is 154 Å². The molecule has 6 heteroatoms. The van der Waals surface area contributed by atoms with Gasteiger partial charge in [0.15, 0.2) is 0 Å². The van der Waals surface area contributed by atoms with Crippen molar-refractivity contribution in [3.63, 3.8) is 0 Å². The number of halogens is 1. The van der Waals surface area contributed by atoms with Crippen LogP contribution in [0.1, 0.15) is 28.9 Å². The van der Waals surface area contributed by atoms with E-state index in [4.69, 9.17) is 9.47 Å². The summed E-state index contributed by atoms with van der Waals surface area (Å²) in [5.74, 6) is 0.626. The van der Waals surface area contributed by atoms with Crippen LogP contribution >= 0.6 is 12.4 Å². The lowest BCUT2D eigenvalue weighted by atomic mass is 10.1. The molecule has 25 heavy (non-hydrogen) atoms. The molecule has 0 aliphatic carbocycles. The average molecular weight is 363 g/mol. The predicted molar refractivity (Wildman–Crippen MR) is 101 cm³/mol. The average Bonchev–Trinajstić information content (AvgIpc) is 2.64. The van der Waals surface area contributed by atoms with Gasteiger partial charge in [-0.2, -0.15) is 0 Å². The summed E-state index contributed by atoms with van der Waals surface area (Å²) in [6.45, 7) is 4.97. The van der Waals surface area contributed by atoms with Crippen LogP contribution in [0, 0.1) is 0 Å². The van der Waals surface area contributed by atoms with Gasteiger partial charge in [-0.1, -0.05) is 12.1 Å². The second kappa shape index (κ2) is 9.42. The lowest BCUT2D eigenvalue weighted by Gasteiger charge is -2.24. The van der Waals surface area contributed by atoms with Crippen LogP contribution in [-0.4, -0.2) is 32.2 Å². The quantitative estimate of drug-likeness (QED) is 0.855. The molecule has 0 radical (unpaired) electrons. The van der Waals surface area contributed by atoms with E-state index in [1.807, 2.05) is 31.2 Å². The van der Waals surface area contributed by atoms with Crippen molar-refractivity contribution in [2.45, 2.75) is 13.0 Å². The van der Waals surface area contributed by atoms with E-state index in [9.17, 15) is 4.79 Å². The second-order valence-corrected chi connectivity index (χ2v) is 5.60. The van der Waals surface area contributed by atoms with Gasteiger partial charge in [0, 0.05) is 24.3 Å². The first-order valence-corrected chi connectivity index (χ1v) is 8.23. The molecule has 0 spiro atoms. The molecule has 2 aromatic rings. The van der Waals surface area contributed by atoms with E-state index in [1.165, 1.54) is 0 Å². The fraction of sp³-hybridized carbons (Fsp3) is 0.316. The molecular weight excluding hydrogens is 340 g/mol. The summed E-state index contributed by atoms with van der Waals surface area (Å²) in [5, 5.41) is 6.21. The molecule has 2 aromatic carbocycles. The van der Waals surface area contributed by atoms with Gasteiger partial charge in [0.1, 0.15) is 5.75 Å². The highest BCUT2D eigenvalue weighted by molar-refractivity contribution is 6.04. The van der Waals surface area contributed by atoms with Crippen LogP contribution < -0.4 is 15.4 Å². The minimum Gasteiger partial charge on any atom is -0.494 e. The Morgan fingerprint density at radius 1 is 1.20 bits per heavy atom. The largest absolute Gasteiger partial charge is 0.494 e. The maximum Gasteiger partial charge on any atom is 0.255 e. The summed E-state index contributed by atoms with van der Waals surface area (Å²) >= 11 is 0. The van der Waals surface area contributed by atoms with Crippen molar-refractivity contribution in [3.8, 4) is 5.75 Å². The zero-order valence-corrected chi connectivity index (χ0v) is 15.0. The Balaban J connectivity index is 0.00000225. The van der Waals surface area contributed by atoms with Gasteiger partial charge < -0.3 is 20.1 Å². The number of hydrogen-bond acceptors (Lipinski definition) is 4. The van der Waals surface area contributed by atoms with Gasteiger partial charge in [0.25, 0.3) is 5.91 Å². The molecule has 1 atom stereocenters. The van der Waals surface area contributed by atoms with E-state index in [1.54, 1.807) is 24.3 Å². The van der Waals surface area contributed by atoms with Crippen molar-refractivity contribution in [1.29, 1.82) is 0 Å². The Bertz CT molecular complexity index is 668. The number of amides is 1. The van der Waals surface area contributed by atoms with Crippen LogP contribution in [0.3, 0.4) is 0 Å². The van der Waals surface area contributed by atoms with Crippen molar-refractivity contribution in [1.82, 2.24) is 5.32 Å². The molecule has 1 aliphatic heterocycles. The molecule has 0 aromatic heterocycles. The molecule has 134 valence electrons. The van der Waals surface area contributed by atoms with E-state index in [-0.39, 0.29) is 24.4 Å². The number of morpholine rings is 1. The Morgan fingerprint density at radius 2 is 1.92 bits per heavy atom. The van der Waals surface area contributed by atoms with Crippen molar-refractivity contribution < 1.29 is 14.3 Å². The predicted octanol–water partition coefficient (Wildman–Crippen LogP) is 3.42. The third-order valence-electron chi connectivity index (χ3n) is 3.90. The number of rotatable bonds is 5. The molecule has 5 nitrogen and oxygen atoms in total. The third kappa shape index (κ3) is 5.19. The van der Waals surface area contributed by atoms with Crippen LogP contribution in [0.5, 0.6) is 5.75 Å². The zero-order valence-electron chi connectivity index (χ0n) is 14.2. The lowest BCUT2D eigenvalue weighted by molar-refractivity contribution is 0.0277. The highest BCUT2D eigenvalue weighted by Gasteiger charge is 2.15. The topological polar surface area (TPSA) is 59.6 Å². The first-order valence-electron chi connectivity index (χ1n) is 8.23. The number of carbonyl (C=O) groups excluding carboxylic acids is 1. The summed E-state index contributed by atoms with van der Waals surface area (Å²) < 4.78 is 11.1. The molecule has 0 unspecified atom stereocenters. The van der Waals surface area contributed by atoms with Gasteiger partial charge >= 0.3 is 0 Å². The van der Waals surface area contributed by atoms with Crippen molar-refractivity contribution in [2.75, 3.05) is 31.6 Å². The number of nitrogens with one attached hydrogen (secondary N) is 2. The first kappa shape index (κ1) is 19.2. The highest BCUT2D eigenvalue weighted by atomic mass is 35.5. The molecule has 1 fully saturated rings. The molecular formula is C19H23ClN2O3. The molecule has 1 saturated heterocycles. The van der Waals surface area contributed by atoms with Crippen molar-refractivity contribution in [3.05, 3.63) is 59.7 Å². The van der Waals surface area contributed by atoms with Crippen LogP contribution in [0.2, 0.25) is 0 Å². The SMILES string of the molecule is CCOc1ccc(C(=O)Nc2ccc([C@H]3CNCCO3)cc2)cc1.Cl. The summed E-state index contributed by atoms with van der Waals surface area (Å²) in [7, 11) is 0. The smallest absolute Gasteiger partial charge is 0.255 e. The van der Waals surface area contributed by atoms with Gasteiger partial charge in [-0.25, -0.2) is 0 Å². The van der Waals surface area contributed by atoms with Crippen LogP contribution in [0.4, 0.5) is 5.69 Å². The van der Waals surface area contributed by atoms with Gasteiger partial charge in [-0.3, -0.25) is 4.79 Å². The van der Waals surface area contributed by atoms with E-state index >= 15 is 0 Å². The Kier molecular flexibility index (Phi) is 7.25. The maximum atomic E-state index is 12.3. The molecule has 0 bridgehead atoms. The summed E-state index contributed by atoms with van der Waals surface area (Å²) in [5.41, 5.74) is 2.48. The number of carbonyl (C=O) groups is 1. The molecule has 1 heterocycles. The van der Waals surface area contributed by atoms with E-state index < -0.39 is 0 Å². The van der Waals surface area contributed by atoms with E-state index in [2.05, 4.69) is 10.6 Å². The zero-order chi connectivity index (χ0) is 16.8. The van der Waals surface area contributed by atoms with Gasteiger partial charge in [0.2, 0.25) is 0 Å². The minimum atomic E-state index is -0.138. The second-order valence-electron chi connectivity index (χ2n) is 5.60. The Hall–Kier alpha value is -2.08. The Morgan fingerprint density at radius 3 is 2.52 bits per heavy atom. The number of hydrogen-bond donors (Lipinski definition) is 2. The number of benzene rings is 2. The van der Waals surface area contributed by atoms with Gasteiger partial charge in [-0.05, 0) is 48.9 Å². The summed E-state index contributed by atoms with van der Waals surface area (Å²) in [6.07, 6.45) is 0.0783. The third-order valence-corrected chi connectivity index (χ3v) is 3.90. The molecule has 1 aliphatic rings. The van der Waals surface area contributed by atoms with Crippen molar-refractivity contribution >= 4 is 24.0 Å². The monoisotopic (exact) mass is 362 g/mol. The first-order chi connectivity index (χ1) is 11.8. The van der Waals surface area contributed by atoms with Gasteiger partial charge in [0.05, 0.1) is 19.3 Å². The number of anilines is 1. The molecule has 3 rings (SSSR count). The van der Waals surface area contributed by atoms with Gasteiger partial charge in [-0.15, -0.1) is 12.4 Å². The van der Waals surface area contributed by atoms with E-state index in [0.717, 1.165) is 36.7 Å². The fourth-order valence-electron chi connectivity index (χ4n) is 2.63. The van der Waals surface area contributed by atoms with Crippen LogP contribution in [0.15, 0.2) is 48.5 Å². The maximum absolute atomic E-state index is 12.3. The normalized spacial score (nSPS) is 16.6. The van der Waals surface area contributed by atoms with Crippen LogP contribution in [0.25, 0.3) is 0 Å². The van der Waals surface area contributed by atoms with Crippen molar-refractivity contribution in [2.24, 2.45) is 0 Å². The lowest BCUT2D eigenvalue weighted by Crippen LogP contribution is -2.33. The van der Waals surface area contributed by atoms with E-state index in [0.29, 0.717) is 12.2 Å². The molecule has 1 amide bonds. The summed E-state index contributed by atoms with van der Waals surface area (Å²) in [6, 6.07) is 14.9. The minimum absolute atomic E-state index is 0. The fourth-order valence-corrected chi connectivity index (χ4v) is 2.63. The highest BCUT2D eigenvalue weighted by Crippen LogP contribution is 2.21.